The Morgan fingerprint density at radius 3 is 2.75 bits per heavy atom. The lowest BCUT2D eigenvalue weighted by atomic mass is 10.0. The summed E-state index contributed by atoms with van der Waals surface area (Å²) in [7, 11) is 3.06. The van der Waals surface area contributed by atoms with Gasteiger partial charge in [-0.3, -0.25) is 0 Å². The van der Waals surface area contributed by atoms with Gasteiger partial charge < -0.3 is 14.5 Å². The van der Waals surface area contributed by atoms with E-state index in [0.717, 1.165) is 9.13 Å². The van der Waals surface area contributed by atoms with Crippen molar-refractivity contribution in [1.29, 1.82) is 0 Å². The minimum Gasteiger partial charge on any atom is -0.463 e. The molecule has 0 aliphatic carbocycles. The highest BCUT2D eigenvalue weighted by molar-refractivity contribution is 14.1. The van der Waals surface area contributed by atoms with Crippen molar-refractivity contribution in [3.8, 4) is 0 Å². The molecule has 20 heavy (non-hydrogen) atoms. The number of halogens is 2. The van der Waals surface area contributed by atoms with Gasteiger partial charge in [-0.05, 0) is 59.5 Å². The largest absolute Gasteiger partial charge is 0.463 e. The molecule has 1 aromatic carbocycles. The van der Waals surface area contributed by atoms with Crippen molar-refractivity contribution in [1.82, 2.24) is 5.32 Å². The molecule has 106 valence electrons. The molecule has 2 aromatic rings. The first-order valence-corrected chi connectivity index (χ1v) is 6.95. The van der Waals surface area contributed by atoms with Crippen LogP contribution in [0, 0.1) is 9.39 Å². The van der Waals surface area contributed by atoms with Crippen LogP contribution >= 0.6 is 22.6 Å². The topological polar surface area (TPSA) is 51.5 Å². The zero-order chi connectivity index (χ0) is 14.7. The molecule has 0 aliphatic rings. The number of furan rings is 1. The van der Waals surface area contributed by atoms with Gasteiger partial charge in [-0.25, -0.2) is 9.18 Å². The molecule has 0 spiro atoms. The standard InChI is InChI=1S/C14H13FINO3/c1-17-13(9-4-3-8(15)7-10(9)16)11-5-6-12(20-11)14(18)19-2/h3-7,13,17H,1-2H3. The second-order valence-corrected chi connectivity index (χ2v) is 5.24. The lowest BCUT2D eigenvalue weighted by molar-refractivity contribution is 0.0562. The lowest BCUT2D eigenvalue weighted by Crippen LogP contribution is -2.18. The zero-order valence-corrected chi connectivity index (χ0v) is 13.1. The highest BCUT2D eigenvalue weighted by Gasteiger charge is 2.21. The van der Waals surface area contributed by atoms with Gasteiger partial charge in [0, 0.05) is 3.57 Å². The summed E-state index contributed by atoms with van der Waals surface area (Å²) >= 11 is 2.07. The van der Waals surface area contributed by atoms with Gasteiger partial charge in [-0.15, -0.1) is 0 Å². The number of carbonyl (C=O) groups excluding carboxylic acids is 1. The maximum Gasteiger partial charge on any atom is 0.373 e. The summed E-state index contributed by atoms with van der Waals surface area (Å²) in [6.07, 6.45) is 0. The van der Waals surface area contributed by atoms with Gasteiger partial charge in [0.15, 0.2) is 0 Å². The molecule has 6 heteroatoms. The van der Waals surface area contributed by atoms with Crippen LogP contribution in [0.5, 0.6) is 0 Å². The number of methoxy groups -OCH3 is 1. The second-order valence-electron chi connectivity index (χ2n) is 4.08. The fourth-order valence-corrected chi connectivity index (χ4v) is 2.69. The van der Waals surface area contributed by atoms with E-state index in [0.29, 0.717) is 5.76 Å². The zero-order valence-electron chi connectivity index (χ0n) is 10.9. The van der Waals surface area contributed by atoms with Gasteiger partial charge in [0.05, 0.1) is 13.2 Å². The summed E-state index contributed by atoms with van der Waals surface area (Å²) < 4.78 is 24.0. The fourth-order valence-electron chi connectivity index (χ4n) is 1.90. The monoisotopic (exact) mass is 389 g/mol. The minimum absolute atomic E-state index is 0.139. The molecule has 1 heterocycles. The van der Waals surface area contributed by atoms with Gasteiger partial charge in [0.2, 0.25) is 5.76 Å². The Kier molecular flexibility index (Phi) is 4.77. The van der Waals surface area contributed by atoms with Crippen LogP contribution in [0.15, 0.2) is 34.7 Å². The maximum absolute atomic E-state index is 13.2. The van der Waals surface area contributed by atoms with Crippen LogP contribution in [0.25, 0.3) is 0 Å². The Labute approximate surface area is 129 Å². The van der Waals surface area contributed by atoms with Gasteiger partial charge in [-0.1, -0.05) is 6.07 Å². The highest BCUT2D eigenvalue weighted by Crippen LogP contribution is 2.28. The van der Waals surface area contributed by atoms with E-state index < -0.39 is 5.97 Å². The Morgan fingerprint density at radius 2 is 2.15 bits per heavy atom. The highest BCUT2D eigenvalue weighted by atomic mass is 127. The van der Waals surface area contributed by atoms with Gasteiger partial charge >= 0.3 is 5.97 Å². The molecule has 0 saturated carbocycles. The number of hydrogen-bond donors (Lipinski definition) is 1. The molecule has 0 aliphatic heterocycles. The quantitative estimate of drug-likeness (QED) is 0.645. The molecule has 1 aromatic heterocycles. The van der Waals surface area contributed by atoms with Crippen molar-refractivity contribution in [3.05, 3.63) is 56.8 Å². The molecule has 0 amide bonds. The van der Waals surface area contributed by atoms with Gasteiger partial charge in [-0.2, -0.15) is 0 Å². The molecule has 1 N–H and O–H groups in total. The van der Waals surface area contributed by atoms with Crippen LogP contribution < -0.4 is 5.32 Å². The van der Waals surface area contributed by atoms with E-state index in [1.807, 2.05) is 0 Å². The number of carbonyl (C=O) groups is 1. The third-order valence-electron chi connectivity index (χ3n) is 2.86. The van der Waals surface area contributed by atoms with Crippen molar-refractivity contribution in [2.24, 2.45) is 0 Å². The van der Waals surface area contributed by atoms with E-state index in [1.165, 1.54) is 19.2 Å². The van der Waals surface area contributed by atoms with Crippen LogP contribution in [0.4, 0.5) is 4.39 Å². The van der Waals surface area contributed by atoms with Crippen molar-refractivity contribution >= 4 is 28.6 Å². The van der Waals surface area contributed by atoms with Crippen LogP contribution in [-0.2, 0) is 4.74 Å². The average Bonchev–Trinajstić information content (AvgIpc) is 2.90. The normalized spacial score (nSPS) is 12.2. The van der Waals surface area contributed by atoms with Crippen LogP contribution in [0.1, 0.15) is 27.9 Å². The number of rotatable bonds is 4. The number of benzene rings is 1. The van der Waals surface area contributed by atoms with Crippen molar-refractivity contribution < 1.29 is 18.3 Å². The van der Waals surface area contributed by atoms with E-state index in [1.54, 1.807) is 25.2 Å². The predicted octanol–water partition coefficient (Wildman–Crippen LogP) is 3.12. The molecule has 4 nitrogen and oxygen atoms in total. The van der Waals surface area contributed by atoms with Crippen LogP contribution in [0.2, 0.25) is 0 Å². The number of hydrogen-bond acceptors (Lipinski definition) is 4. The van der Waals surface area contributed by atoms with Gasteiger partial charge in [0.25, 0.3) is 0 Å². The van der Waals surface area contributed by atoms with Crippen molar-refractivity contribution in [3.63, 3.8) is 0 Å². The summed E-state index contributed by atoms with van der Waals surface area (Å²) in [6, 6.07) is 7.53. The molecule has 0 bridgehead atoms. The first-order valence-electron chi connectivity index (χ1n) is 5.87. The maximum atomic E-state index is 13.2. The SMILES string of the molecule is CNC(c1ccc(C(=O)OC)o1)c1ccc(F)cc1I. The summed E-state index contributed by atoms with van der Waals surface area (Å²) in [5.41, 5.74) is 0.875. The smallest absolute Gasteiger partial charge is 0.373 e. The summed E-state index contributed by atoms with van der Waals surface area (Å²) in [4.78, 5) is 11.4. The molecule has 0 saturated heterocycles. The molecule has 2 rings (SSSR count). The molecule has 1 atom stereocenters. The third kappa shape index (κ3) is 3.01. The lowest BCUT2D eigenvalue weighted by Gasteiger charge is -2.15. The minimum atomic E-state index is -0.528. The molecule has 0 fully saturated rings. The first kappa shape index (κ1) is 15.0. The van der Waals surface area contributed by atoms with E-state index in [-0.39, 0.29) is 17.6 Å². The van der Waals surface area contributed by atoms with Crippen molar-refractivity contribution in [2.75, 3.05) is 14.2 Å². The van der Waals surface area contributed by atoms with E-state index >= 15 is 0 Å². The molecular weight excluding hydrogens is 376 g/mol. The first-order chi connectivity index (χ1) is 9.56. The average molecular weight is 389 g/mol. The molecular formula is C14H13FINO3. The van der Waals surface area contributed by atoms with Gasteiger partial charge in [0.1, 0.15) is 11.6 Å². The summed E-state index contributed by atoms with van der Waals surface area (Å²) in [5.74, 6) is -0.111. The summed E-state index contributed by atoms with van der Waals surface area (Å²) in [6.45, 7) is 0. The Balaban J connectivity index is 2.37. The number of esters is 1. The number of ether oxygens (including phenoxy) is 1. The third-order valence-corrected chi connectivity index (χ3v) is 3.79. The van der Waals surface area contributed by atoms with E-state index in [9.17, 15) is 9.18 Å². The molecule has 1 unspecified atom stereocenters. The van der Waals surface area contributed by atoms with E-state index in [4.69, 9.17) is 4.42 Å². The number of nitrogens with one attached hydrogen (secondary N) is 1. The summed E-state index contributed by atoms with van der Waals surface area (Å²) in [5, 5.41) is 3.09. The Bertz CT molecular complexity index is 627. The van der Waals surface area contributed by atoms with Crippen LogP contribution in [-0.4, -0.2) is 20.1 Å². The fraction of sp³-hybridized carbons (Fsp3) is 0.214. The van der Waals surface area contributed by atoms with Crippen molar-refractivity contribution in [2.45, 2.75) is 6.04 Å². The second kappa shape index (κ2) is 6.36. The Morgan fingerprint density at radius 1 is 1.40 bits per heavy atom. The predicted molar refractivity (Wildman–Crippen MR) is 80.1 cm³/mol. The Hall–Kier alpha value is -1.41. The van der Waals surface area contributed by atoms with E-state index in [2.05, 4.69) is 32.6 Å². The molecule has 0 radical (unpaired) electrons. The van der Waals surface area contributed by atoms with Crippen LogP contribution in [0.3, 0.4) is 0 Å².